The van der Waals surface area contributed by atoms with Gasteiger partial charge in [0.25, 0.3) is 0 Å². The zero-order valence-corrected chi connectivity index (χ0v) is 24.6. The molecule has 4 rings (SSSR count). The fourth-order valence-corrected chi connectivity index (χ4v) is 50.1. The molecule has 0 fully saturated rings. The van der Waals surface area contributed by atoms with Gasteiger partial charge in [0, 0.05) is 0 Å². The number of allylic oxidation sites excluding steroid dienone is 2. The first-order chi connectivity index (χ1) is 12.8. The molecule has 2 aliphatic carbocycles. The molecule has 27 heavy (non-hydrogen) atoms. The molecule has 2 aliphatic rings. The summed E-state index contributed by atoms with van der Waals surface area (Å²) in [4.78, 5) is 0. The molecule has 0 saturated carbocycles. The number of benzene rings is 2. The summed E-state index contributed by atoms with van der Waals surface area (Å²) in [6.07, 6.45) is 4.95. The zero-order chi connectivity index (χ0) is 19.3. The third-order valence-corrected chi connectivity index (χ3v) is 56.2. The standard InChI is InChI=1S/2C10H9.C3H6.2CH3.2Hf/c2*1-8-6-9-4-2-3-5-10(9)7-8;1-3-2;;;;/h2*2-7H,1H3;1-2H3;2*1H3;;. The fraction of sp³-hybridized carbons (Fsp3) is 0.360. The molecule has 2 aromatic carbocycles. The van der Waals surface area contributed by atoms with Crippen molar-refractivity contribution in [3.63, 3.8) is 0 Å². The van der Waals surface area contributed by atoms with Gasteiger partial charge in [-0.1, -0.05) is 0 Å². The first-order valence-electron chi connectivity index (χ1n) is 10.0. The van der Waals surface area contributed by atoms with Gasteiger partial charge < -0.3 is 0 Å². The second kappa shape index (κ2) is 7.48. The van der Waals surface area contributed by atoms with Crippen molar-refractivity contribution >= 4 is 12.2 Å². The Morgan fingerprint density at radius 2 is 1.04 bits per heavy atom. The van der Waals surface area contributed by atoms with Crippen LogP contribution in [0.25, 0.3) is 12.2 Å². The van der Waals surface area contributed by atoms with E-state index < -0.39 is 42.9 Å². The number of fused-ring (bicyclic) bond motifs is 2. The van der Waals surface area contributed by atoms with E-state index in [0.717, 1.165) is 7.35 Å². The van der Waals surface area contributed by atoms with Crippen LogP contribution < -0.4 is 0 Å². The molecule has 0 radical (unpaired) electrons. The molecule has 2 heteroatoms. The monoisotopic (exact) mass is 690 g/mol. The Morgan fingerprint density at radius 3 is 1.44 bits per heavy atom. The summed E-state index contributed by atoms with van der Waals surface area (Å²) in [6, 6.07) is 18.3. The van der Waals surface area contributed by atoms with Gasteiger partial charge in [-0.3, -0.25) is 0 Å². The van der Waals surface area contributed by atoms with Crippen LogP contribution in [-0.2, 0) is 42.9 Å². The summed E-state index contributed by atoms with van der Waals surface area (Å²) in [7, 11) is 0. The van der Waals surface area contributed by atoms with Crippen molar-refractivity contribution < 1.29 is 42.9 Å². The average Bonchev–Trinajstić information content (AvgIpc) is 3.15. The van der Waals surface area contributed by atoms with Crippen LogP contribution in [0, 0.1) is 0 Å². The van der Waals surface area contributed by atoms with E-state index >= 15 is 0 Å². The normalized spacial score (nSPS) is 20.7. The van der Waals surface area contributed by atoms with Gasteiger partial charge in [-0.05, 0) is 0 Å². The van der Waals surface area contributed by atoms with E-state index in [9.17, 15) is 0 Å². The SMILES string of the molecule is CC1=Cc2ccccc2[CH]1[Hf]([CH3])[C](C)(C)[Hf]([CH3])[CH]1C(C)=Cc2ccccc21. The molecule has 0 aromatic heterocycles. The number of hydrogen-bond donors (Lipinski definition) is 0. The minimum atomic E-state index is -1.91. The molecular weight excluding hydrogens is 657 g/mol. The zero-order valence-electron chi connectivity index (χ0n) is 17.4. The molecule has 2 unspecified atom stereocenters. The molecule has 2 aromatic rings. The molecule has 0 amide bonds. The molecule has 0 aliphatic heterocycles. The summed E-state index contributed by atoms with van der Waals surface area (Å²) >= 11 is -3.83. The van der Waals surface area contributed by atoms with Gasteiger partial charge in [-0.2, -0.15) is 0 Å². The average molecular weight is 687 g/mol. The quantitative estimate of drug-likeness (QED) is 0.288. The van der Waals surface area contributed by atoms with E-state index in [1.807, 2.05) is 0 Å². The van der Waals surface area contributed by atoms with Crippen molar-refractivity contribution in [2.24, 2.45) is 0 Å². The summed E-state index contributed by atoms with van der Waals surface area (Å²) in [5.41, 5.74) is 9.56. The van der Waals surface area contributed by atoms with Crippen molar-refractivity contribution in [3.05, 3.63) is 81.9 Å². The van der Waals surface area contributed by atoms with Crippen LogP contribution in [0.15, 0.2) is 59.7 Å². The summed E-state index contributed by atoms with van der Waals surface area (Å²) in [5, 5.41) is 0. The predicted molar refractivity (Wildman–Crippen MR) is 111 cm³/mol. The second-order valence-electron chi connectivity index (χ2n) is 8.89. The minimum absolute atomic E-state index is 0.643. The Morgan fingerprint density at radius 1 is 0.667 bits per heavy atom. The first-order valence-corrected chi connectivity index (χ1v) is 25.0. The van der Waals surface area contributed by atoms with Crippen molar-refractivity contribution in [3.8, 4) is 0 Å². The van der Waals surface area contributed by atoms with E-state index in [1.165, 1.54) is 11.1 Å². The molecule has 2 atom stereocenters. The van der Waals surface area contributed by atoms with Crippen LogP contribution in [0.1, 0.15) is 57.3 Å². The fourth-order valence-electron chi connectivity index (χ4n) is 5.14. The predicted octanol–water partition coefficient (Wildman–Crippen LogP) is 7.79. The van der Waals surface area contributed by atoms with E-state index in [2.05, 4.69) is 97.7 Å². The van der Waals surface area contributed by atoms with Crippen molar-refractivity contribution in [1.82, 2.24) is 0 Å². The molecule has 138 valence electrons. The Balaban J connectivity index is 1.68. The molecular formula is C25H30Hf2. The number of rotatable bonds is 4. The molecule has 0 nitrogen and oxygen atoms in total. The van der Waals surface area contributed by atoms with Crippen LogP contribution in [0.2, 0.25) is 10.3 Å². The molecule has 0 bridgehead atoms. The Hall–Kier alpha value is -0.340. The van der Waals surface area contributed by atoms with Crippen molar-refractivity contribution in [2.75, 3.05) is 0 Å². The van der Waals surface area contributed by atoms with E-state index in [0.29, 0.717) is 0.928 Å². The van der Waals surface area contributed by atoms with Gasteiger partial charge in [0.15, 0.2) is 0 Å². The second-order valence-corrected chi connectivity index (χ2v) is 38.3. The topological polar surface area (TPSA) is 0 Å². The molecule has 0 saturated heterocycles. The van der Waals surface area contributed by atoms with Crippen molar-refractivity contribution in [2.45, 2.75) is 45.3 Å². The Labute approximate surface area is 180 Å². The Kier molecular flexibility index (Phi) is 5.53. The molecule has 0 N–H and O–H groups in total. The third kappa shape index (κ3) is 3.33. The van der Waals surface area contributed by atoms with Gasteiger partial charge in [0.2, 0.25) is 0 Å². The summed E-state index contributed by atoms with van der Waals surface area (Å²) in [5.74, 6) is 0. The third-order valence-electron chi connectivity index (χ3n) is 7.13. The van der Waals surface area contributed by atoms with Gasteiger partial charge in [-0.25, -0.2) is 0 Å². The number of hydrogen-bond acceptors (Lipinski definition) is 0. The van der Waals surface area contributed by atoms with E-state index in [4.69, 9.17) is 0 Å². The van der Waals surface area contributed by atoms with Crippen molar-refractivity contribution in [1.29, 1.82) is 0 Å². The van der Waals surface area contributed by atoms with Gasteiger partial charge in [-0.15, -0.1) is 0 Å². The van der Waals surface area contributed by atoms with Crippen LogP contribution in [-0.4, -0.2) is 0 Å². The van der Waals surface area contributed by atoms with Crippen LogP contribution in [0.4, 0.5) is 0 Å². The van der Waals surface area contributed by atoms with Crippen LogP contribution in [0.3, 0.4) is 0 Å². The van der Waals surface area contributed by atoms with Crippen LogP contribution >= 0.6 is 0 Å². The van der Waals surface area contributed by atoms with E-state index in [-0.39, 0.29) is 0 Å². The molecule has 0 heterocycles. The maximum atomic E-state index is 2.74. The first kappa shape index (κ1) is 20.0. The van der Waals surface area contributed by atoms with Gasteiger partial charge in [0.05, 0.1) is 0 Å². The maximum absolute atomic E-state index is 2.74. The molecule has 0 spiro atoms. The van der Waals surface area contributed by atoms with Gasteiger partial charge in [0.1, 0.15) is 0 Å². The summed E-state index contributed by atoms with van der Waals surface area (Å²) in [6.45, 7) is 10.1. The van der Waals surface area contributed by atoms with E-state index in [1.54, 1.807) is 22.3 Å². The Bertz CT molecular complexity index is 859. The summed E-state index contributed by atoms with van der Waals surface area (Å²) < 4.78 is 7.71. The van der Waals surface area contributed by atoms with Crippen LogP contribution in [0.5, 0.6) is 0 Å². The van der Waals surface area contributed by atoms with Gasteiger partial charge >= 0.3 is 182 Å².